The van der Waals surface area contributed by atoms with Crippen LogP contribution in [0.2, 0.25) is 0 Å². The van der Waals surface area contributed by atoms with Crippen LogP contribution in [0.25, 0.3) is 0 Å². The van der Waals surface area contributed by atoms with E-state index in [1.165, 1.54) is 6.33 Å². The SMILES string of the molecule is COc1ncnc(NC2CC(OC)C2(C)C)c1C. The molecule has 2 unspecified atom stereocenters. The Hall–Kier alpha value is -1.36. The third-order valence-electron chi connectivity index (χ3n) is 4.00. The zero-order chi connectivity index (χ0) is 13.3. The second kappa shape index (κ2) is 4.72. The summed E-state index contributed by atoms with van der Waals surface area (Å²) in [7, 11) is 3.38. The molecular formula is C13H21N3O2. The molecular weight excluding hydrogens is 230 g/mol. The van der Waals surface area contributed by atoms with Crippen LogP contribution in [0.4, 0.5) is 5.82 Å². The topological polar surface area (TPSA) is 56.3 Å². The first-order chi connectivity index (χ1) is 8.50. The van der Waals surface area contributed by atoms with E-state index < -0.39 is 0 Å². The summed E-state index contributed by atoms with van der Waals surface area (Å²) in [6.45, 7) is 6.37. The molecule has 1 heterocycles. The van der Waals surface area contributed by atoms with E-state index in [2.05, 4.69) is 29.1 Å². The van der Waals surface area contributed by atoms with Crippen molar-refractivity contribution in [3.05, 3.63) is 11.9 Å². The second-order valence-corrected chi connectivity index (χ2v) is 5.33. The lowest BCUT2D eigenvalue weighted by molar-refractivity contribution is -0.0795. The molecule has 0 spiro atoms. The molecule has 0 aromatic carbocycles. The lowest BCUT2D eigenvalue weighted by Gasteiger charge is -2.51. The molecule has 1 N–H and O–H groups in total. The minimum absolute atomic E-state index is 0.110. The fourth-order valence-electron chi connectivity index (χ4n) is 2.48. The molecule has 1 saturated carbocycles. The van der Waals surface area contributed by atoms with E-state index in [0.29, 0.717) is 18.0 Å². The van der Waals surface area contributed by atoms with Crippen molar-refractivity contribution in [2.24, 2.45) is 5.41 Å². The van der Waals surface area contributed by atoms with Gasteiger partial charge in [-0.15, -0.1) is 0 Å². The monoisotopic (exact) mass is 251 g/mol. The van der Waals surface area contributed by atoms with E-state index in [4.69, 9.17) is 9.47 Å². The van der Waals surface area contributed by atoms with Gasteiger partial charge in [0.05, 0.1) is 18.8 Å². The zero-order valence-corrected chi connectivity index (χ0v) is 11.7. The van der Waals surface area contributed by atoms with E-state index in [1.54, 1.807) is 14.2 Å². The molecule has 1 aromatic heterocycles. The van der Waals surface area contributed by atoms with Crippen LogP contribution in [0.1, 0.15) is 25.8 Å². The minimum atomic E-state index is 0.110. The molecule has 0 aliphatic heterocycles. The van der Waals surface area contributed by atoms with E-state index in [1.807, 2.05) is 6.92 Å². The number of ether oxygens (including phenoxy) is 2. The van der Waals surface area contributed by atoms with Gasteiger partial charge in [0.15, 0.2) is 0 Å². The van der Waals surface area contributed by atoms with Crippen LogP contribution in [0.5, 0.6) is 5.88 Å². The molecule has 2 rings (SSSR count). The maximum Gasteiger partial charge on any atom is 0.221 e. The fraction of sp³-hybridized carbons (Fsp3) is 0.692. The summed E-state index contributed by atoms with van der Waals surface area (Å²) in [6, 6.07) is 0.362. The van der Waals surface area contributed by atoms with Gasteiger partial charge in [-0.2, -0.15) is 0 Å². The molecule has 2 atom stereocenters. The molecule has 5 heteroatoms. The molecule has 1 aromatic rings. The Balaban J connectivity index is 2.12. The normalized spacial score (nSPS) is 25.4. The van der Waals surface area contributed by atoms with Crippen molar-refractivity contribution in [2.45, 2.75) is 39.3 Å². The van der Waals surface area contributed by atoms with Crippen molar-refractivity contribution in [1.29, 1.82) is 0 Å². The molecule has 1 fully saturated rings. The zero-order valence-electron chi connectivity index (χ0n) is 11.7. The van der Waals surface area contributed by atoms with E-state index >= 15 is 0 Å². The number of anilines is 1. The Morgan fingerprint density at radius 3 is 2.61 bits per heavy atom. The highest BCUT2D eigenvalue weighted by Gasteiger charge is 2.48. The van der Waals surface area contributed by atoms with Gasteiger partial charge in [-0.25, -0.2) is 9.97 Å². The van der Waals surface area contributed by atoms with Crippen LogP contribution in [-0.4, -0.2) is 36.3 Å². The lowest BCUT2D eigenvalue weighted by atomic mass is 9.64. The molecule has 0 saturated heterocycles. The largest absolute Gasteiger partial charge is 0.481 e. The lowest BCUT2D eigenvalue weighted by Crippen LogP contribution is -2.57. The highest BCUT2D eigenvalue weighted by atomic mass is 16.5. The van der Waals surface area contributed by atoms with Crippen LogP contribution in [0.3, 0.4) is 0 Å². The van der Waals surface area contributed by atoms with Crippen LogP contribution < -0.4 is 10.1 Å². The molecule has 0 bridgehead atoms. The average molecular weight is 251 g/mol. The highest BCUT2D eigenvalue weighted by molar-refractivity contribution is 5.49. The Morgan fingerprint density at radius 2 is 2.06 bits per heavy atom. The summed E-state index contributed by atoms with van der Waals surface area (Å²) in [5.41, 5.74) is 1.05. The van der Waals surface area contributed by atoms with Gasteiger partial charge in [0.25, 0.3) is 0 Å². The predicted octanol–water partition coefficient (Wildman–Crippen LogP) is 2.02. The van der Waals surface area contributed by atoms with Crippen LogP contribution >= 0.6 is 0 Å². The number of hydrogen-bond donors (Lipinski definition) is 1. The second-order valence-electron chi connectivity index (χ2n) is 5.33. The van der Waals surface area contributed by atoms with Crippen molar-refractivity contribution in [1.82, 2.24) is 9.97 Å². The molecule has 100 valence electrons. The third kappa shape index (κ3) is 2.03. The molecule has 0 amide bonds. The Morgan fingerprint density at radius 1 is 1.33 bits per heavy atom. The van der Waals surface area contributed by atoms with Gasteiger partial charge in [0.2, 0.25) is 5.88 Å². The van der Waals surface area contributed by atoms with Crippen molar-refractivity contribution in [2.75, 3.05) is 19.5 Å². The van der Waals surface area contributed by atoms with Crippen LogP contribution in [0.15, 0.2) is 6.33 Å². The highest BCUT2D eigenvalue weighted by Crippen LogP contribution is 2.44. The maximum atomic E-state index is 5.45. The summed E-state index contributed by atoms with van der Waals surface area (Å²) in [5, 5.41) is 3.46. The van der Waals surface area contributed by atoms with Gasteiger partial charge in [-0.1, -0.05) is 13.8 Å². The number of nitrogens with one attached hydrogen (secondary N) is 1. The predicted molar refractivity (Wildman–Crippen MR) is 69.9 cm³/mol. The molecule has 0 radical (unpaired) electrons. The van der Waals surface area contributed by atoms with Gasteiger partial charge in [-0.3, -0.25) is 0 Å². The molecule has 1 aliphatic rings. The first-order valence-corrected chi connectivity index (χ1v) is 6.15. The minimum Gasteiger partial charge on any atom is -0.481 e. The summed E-state index contributed by atoms with van der Waals surface area (Å²) in [5.74, 6) is 1.46. The van der Waals surface area contributed by atoms with Crippen molar-refractivity contribution in [3.63, 3.8) is 0 Å². The van der Waals surface area contributed by atoms with E-state index in [9.17, 15) is 0 Å². The number of rotatable bonds is 4. The van der Waals surface area contributed by atoms with E-state index in [-0.39, 0.29) is 5.41 Å². The quantitative estimate of drug-likeness (QED) is 0.887. The van der Waals surface area contributed by atoms with Gasteiger partial charge in [0, 0.05) is 18.6 Å². The van der Waals surface area contributed by atoms with Gasteiger partial charge >= 0.3 is 0 Å². The smallest absolute Gasteiger partial charge is 0.221 e. The summed E-state index contributed by atoms with van der Waals surface area (Å²) >= 11 is 0. The van der Waals surface area contributed by atoms with Crippen molar-refractivity contribution in [3.8, 4) is 5.88 Å². The Kier molecular flexibility index (Phi) is 3.43. The third-order valence-corrected chi connectivity index (χ3v) is 4.00. The van der Waals surface area contributed by atoms with Crippen molar-refractivity contribution >= 4 is 5.82 Å². The maximum absolute atomic E-state index is 5.45. The summed E-state index contributed by atoms with van der Waals surface area (Å²) < 4.78 is 10.6. The van der Waals surface area contributed by atoms with Gasteiger partial charge in [0.1, 0.15) is 12.1 Å². The van der Waals surface area contributed by atoms with Gasteiger partial charge < -0.3 is 14.8 Å². The Bertz CT molecular complexity index is 434. The summed E-state index contributed by atoms with van der Waals surface area (Å²) in [6.07, 6.45) is 2.82. The van der Waals surface area contributed by atoms with Crippen molar-refractivity contribution < 1.29 is 9.47 Å². The fourth-order valence-corrected chi connectivity index (χ4v) is 2.48. The molecule has 18 heavy (non-hydrogen) atoms. The standard InChI is InChI=1S/C13H21N3O2/c1-8-11(14-7-15-12(8)18-5)16-9-6-10(17-4)13(9,2)3/h7,9-10H,6H2,1-5H3,(H,14,15,16). The van der Waals surface area contributed by atoms with Crippen LogP contribution in [0, 0.1) is 12.3 Å². The first kappa shape index (κ1) is 13.1. The number of nitrogens with zero attached hydrogens (tertiary/aromatic N) is 2. The molecule has 5 nitrogen and oxygen atoms in total. The Labute approximate surface area is 108 Å². The number of aromatic nitrogens is 2. The summed E-state index contributed by atoms with van der Waals surface area (Å²) in [4.78, 5) is 8.36. The van der Waals surface area contributed by atoms with E-state index in [0.717, 1.165) is 17.8 Å². The molecule has 1 aliphatic carbocycles. The van der Waals surface area contributed by atoms with Crippen LogP contribution in [-0.2, 0) is 4.74 Å². The first-order valence-electron chi connectivity index (χ1n) is 6.15. The number of hydrogen-bond acceptors (Lipinski definition) is 5. The average Bonchev–Trinajstić information content (AvgIpc) is 2.35. The van der Waals surface area contributed by atoms with Gasteiger partial charge in [-0.05, 0) is 13.3 Å². The number of methoxy groups -OCH3 is 2.